The molecule has 0 aliphatic rings. The average molecular weight is 624 g/mol. The zero-order valence-electron chi connectivity index (χ0n) is 23.9. The quantitative estimate of drug-likeness (QED) is 0.137. The van der Waals surface area contributed by atoms with Gasteiger partial charge in [0, 0.05) is 28.1 Å². The molecule has 2 heterocycles. The van der Waals surface area contributed by atoms with Crippen molar-refractivity contribution in [3.8, 4) is 5.69 Å². The average Bonchev–Trinajstić information content (AvgIpc) is 3.63. The summed E-state index contributed by atoms with van der Waals surface area (Å²) in [5.41, 5.74) is 2.36. The van der Waals surface area contributed by atoms with E-state index in [0.717, 1.165) is 9.77 Å². The number of amides is 3. The second-order valence-corrected chi connectivity index (χ2v) is 11.7. The third-order valence-electron chi connectivity index (χ3n) is 6.66. The van der Waals surface area contributed by atoms with Gasteiger partial charge in [-0.3, -0.25) is 23.9 Å². The van der Waals surface area contributed by atoms with E-state index in [1.54, 1.807) is 73.3 Å². The normalized spacial score (nSPS) is 11.2. The van der Waals surface area contributed by atoms with Crippen molar-refractivity contribution >= 4 is 58.3 Å². The van der Waals surface area contributed by atoms with Gasteiger partial charge in [-0.15, -0.1) is 23.1 Å². The molecule has 9 nitrogen and oxygen atoms in total. The smallest absolute Gasteiger partial charge is 0.295 e. The molecule has 0 atom stereocenters. The van der Waals surface area contributed by atoms with Crippen molar-refractivity contribution in [1.29, 1.82) is 0 Å². The van der Waals surface area contributed by atoms with Gasteiger partial charge in [0.15, 0.2) is 0 Å². The molecule has 3 amide bonds. The van der Waals surface area contributed by atoms with E-state index in [0.29, 0.717) is 22.6 Å². The monoisotopic (exact) mass is 623 g/mol. The number of thiophene rings is 1. The molecule has 0 saturated heterocycles. The number of nitrogens with one attached hydrogen (secondary N) is 3. The lowest BCUT2D eigenvalue weighted by Crippen LogP contribution is -2.30. The van der Waals surface area contributed by atoms with Gasteiger partial charge in [-0.2, -0.15) is 0 Å². The first-order chi connectivity index (χ1) is 21.3. The van der Waals surface area contributed by atoms with Gasteiger partial charge in [-0.25, -0.2) is 4.68 Å². The highest BCUT2D eigenvalue weighted by molar-refractivity contribution is 8.00. The molecule has 0 aliphatic heterocycles. The van der Waals surface area contributed by atoms with Gasteiger partial charge < -0.3 is 16.0 Å². The molecular formula is C33H29N5O4S2. The summed E-state index contributed by atoms with van der Waals surface area (Å²) in [6.45, 7) is 1.78. The van der Waals surface area contributed by atoms with E-state index >= 15 is 0 Å². The molecule has 0 saturated carbocycles. The molecule has 0 bridgehead atoms. The summed E-state index contributed by atoms with van der Waals surface area (Å²) < 4.78 is 3.22. The van der Waals surface area contributed by atoms with Crippen molar-refractivity contribution in [3.05, 3.63) is 135 Å². The molecule has 0 spiro atoms. The van der Waals surface area contributed by atoms with Gasteiger partial charge >= 0.3 is 0 Å². The second-order valence-electron chi connectivity index (χ2n) is 9.65. The highest BCUT2D eigenvalue weighted by Gasteiger charge is 2.19. The first-order valence-electron chi connectivity index (χ1n) is 13.6. The first kappa shape index (κ1) is 30.3. The highest BCUT2D eigenvalue weighted by Crippen LogP contribution is 2.22. The lowest BCUT2D eigenvalue weighted by Gasteiger charge is -2.11. The molecule has 5 aromatic rings. The molecule has 3 N–H and O–H groups in total. The van der Waals surface area contributed by atoms with Crippen LogP contribution in [-0.2, 0) is 16.6 Å². The molecule has 2 aromatic heterocycles. The molecule has 0 radical (unpaired) electrons. The van der Waals surface area contributed by atoms with Crippen molar-refractivity contribution in [3.63, 3.8) is 0 Å². The summed E-state index contributed by atoms with van der Waals surface area (Å²) in [5.74, 6) is -1.08. The van der Waals surface area contributed by atoms with Crippen LogP contribution in [-0.4, -0.2) is 32.8 Å². The minimum absolute atomic E-state index is 0.0873. The number of hydrogen-bond acceptors (Lipinski definition) is 6. The van der Waals surface area contributed by atoms with Gasteiger partial charge in [0.2, 0.25) is 5.91 Å². The fourth-order valence-corrected chi connectivity index (χ4v) is 5.68. The van der Waals surface area contributed by atoms with Crippen LogP contribution in [0.3, 0.4) is 0 Å². The van der Waals surface area contributed by atoms with Crippen molar-refractivity contribution in [1.82, 2.24) is 14.7 Å². The molecule has 5 rings (SSSR count). The molecular weight excluding hydrogens is 595 g/mol. The Morgan fingerprint density at radius 2 is 1.55 bits per heavy atom. The summed E-state index contributed by atoms with van der Waals surface area (Å²) in [7, 11) is 1.77. The van der Waals surface area contributed by atoms with Crippen LogP contribution < -0.4 is 21.5 Å². The Balaban J connectivity index is 1.20. The predicted octanol–water partition coefficient (Wildman–Crippen LogP) is 5.69. The van der Waals surface area contributed by atoms with E-state index in [2.05, 4.69) is 16.0 Å². The SMILES string of the molecule is Cc1c(NC(=O)CSc2ccc(NC(=O)/C(=C/c3cccs3)NC(=O)c3ccccc3)cc2)c(=O)n(-c2ccccc2)n1C. The van der Waals surface area contributed by atoms with Crippen molar-refractivity contribution < 1.29 is 14.4 Å². The summed E-state index contributed by atoms with van der Waals surface area (Å²) >= 11 is 2.75. The van der Waals surface area contributed by atoms with Gasteiger partial charge in [0.25, 0.3) is 17.4 Å². The molecule has 0 aliphatic carbocycles. The number of nitrogens with zero attached hydrogens (tertiary/aromatic N) is 2. The van der Waals surface area contributed by atoms with Crippen LogP contribution >= 0.6 is 23.1 Å². The Hall–Kier alpha value is -5.13. The fourth-order valence-electron chi connectivity index (χ4n) is 4.33. The van der Waals surface area contributed by atoms with Crippen LogP contribution in [0.4, 0.5) is 11.4 Å². The summed E-state index contributed by atoms with van der Waals surface area (Å²) in [5, 5.41) is 10.2. The van der Waals surface area contributed by atoms with Crippen LogP contribution in [0.25, 0.3) is 11.8 Å². The number of carbonyl (C=O) groups is 3. The van der Waals surface area contributed by atoms with E-state index in [1.165, 1.54) is 27.8 Å². The molecule has 3 aromatic carbocycles. The number of carbonyl (C=O) groups excluding carboxylic acids is 3. The van der Waals surface area contributed by atoms with Crippen molar-refractivity contribution in [2.75, 3.05) is 16.4 Å². The van der Waals surface area contributed by atoms with Crippen molar-refractivity contribution in [2.45, 2.75) is 11.8 Å². The molecule has 11 heteroatoms. The predicted molar refractivity (Wildman–Crippen MR) is 176 cm³/mol. The van der Waals surface area contributed by atoms with Crippen LogP contribution in [0.15, 0.2) is 118 Å². The number of para-hydroxylation sites is 1. The molecule has 0 unspecified atom stereocenters. The number of benzene rings is 3. The number of hydrogen-bond donors (Lipinski definition) is 3. The summed E-state index contributed by atoms with van der Waals surface area (Å²) in [4.78, 5) is 53.4. The lowest BCUT2D eigenvalue weighted by atomic mass is 10.2. The summed E-state index contributed by atoms with van der Waals surface area (Å²) in [6, 6.07) is 28.6. The topological polar surface area (TPSA) is 114 Å². The zero-order valence-corrected chi connectivity index (χ0v) is 25.6. The van der Waals surface area contributed by atoms with Crippen LogP contribution in [0.2, 0.25) is 0 Å². The Morgan fingerprint density at radius 1 is 0.864 bits per heavy atom. The lowest BCUT2D eigenvalue weighted by molar-refractivity contribution is -0.114. The highest BCUT2D eigenvalue weighted by atomic mass is 32.2. The van der Waals surface area contributed by atoms with Gasteiger partial charge in [-0.05, 0) is 73.0 Å². The van der Waals surface area contributed by atoms with Gasteiger partial charge in [0.1, 0.15) is 11.4 Å². The van der Waals surface area contributed by atoms with Crippen molar-refractivity contribution in [2.24, 2.45) is 7.05 Å². The maximum absolute atomic E-state index is 13.2. The Bertz CT molecular complexity index is 1860. The fraction of sp³-hybridized carbons (Fsp3) is 0.0909. The van der Waals surface area contributed by atoms with E-state index in [4.69, 9.17) is 0 Å². The molecule has 222 valence electrons. The zero-order chi connectivity index (χ0) is 31.1. The van der Waals surface area contributed by atoms with Crippen LogP contribution in [0.5, 0.6) is 0 Å². The Morgan fingerprint density at radius 3 is 2.20 bits per heavy atom. The number of aromatic nitrogens is 2. The van der Waals surface area contributed by atoms with E-state index in [1.807, 2.05) is 53.9 Å². The minimum Gasteiger partial charge on any atom is -0.321 e. The second kappa shape index (κ2) is 13.9. The maximum atomic E-state index is 13.2. The Labute approximate surface area is 262 Å². The van der Waals surface area contributed by atoms with Crippen LogP contribution in [0.1, 0.15) is 20.9 Å². The van der Waals surface area contributed by atoms with Gasteiger partial charge in [0.05, 0.1) is 17.1 Å². The molecule has 44 heavy (non-hydrogen) atoms. The minimum atomic E-state index is -0.471. The number of thioether (sulfide) groups is 1. The largest absolute Gasteiger partial charge is 0.321 e. The maximum Gasteiger partial charge on any atom is 0.295 e. The first-order valence-corrected chi connectivity index (χ1v) is 15.5. The third kappa shape index (κ3) is 7.25. The van der Waals surface area contributed by atoms with E-state index in [9.17, 15) is 19.2 Å². The number of anilines is 2. The van der Waals surface area contributed by atoms with Gasteiger partial charge in [-0.1, -0.05) is 42.5 Å². The summed E-state index contributed by atoms with van der Waals surface area (Å²) in [6.07, 6.45) is 1.63. The number of rotatable bonds is 10. The molecule has 0 fully saturated rings. The standard InChI is InChI=1S/C33H29N5O4S2/c1-22-30(33(42)38(37(22)2)25-12-7-4-8-13-25)36-29(39)21-44-26-17-15-24(16-18-26)34-32(41)28(20-27-14-9-19-43-27)35-31(40)23-10-5-3-6-11-23/h3-20H,21H2,1-2H3,(H,34,41)(H,35,40)(H,36,39)/b28-20-. The van der Waals surface area contributed by atoms with Crippen LogP contribution in [0, 0.1) is 6.92 Å². The van der Waals surface area contributed by atoms with E-state index in [-0.39, 0.29) is 28.6 Å². The third-order valence-corrected chi connectivity index (χ3v) is 8.49. The van der Waals surface area contributed by atoms with E-state index < -0.39 is 11.8 Å². The Kier molecular flexibility index (Phi) is 9.58.